The molecule has 0 spiro atoms. The summed E-state index contributed by atoms with van der Waals surface area (Å²) in [5.74, 6) is 0.846. The fourth-order valence-corrected chi connectivity index (χ4v) is 5.06. The summed E-state index contributed by atoms with van der Waals surface area (Å²) >= 11 is 0. The van der Waals surface area contributed by atoms with Crippen LogP contribution in [-0.4, -0.2) is 0 Å². The van der Waals surface area contributed by atoms with Crippen LogP contribution in [0, 0.1) is 5.92 Å². The van der Waals surface area contributed by atoms with Crippen molar-refractivity contribution in [3.8, 4) is 0 Å². The van der Waals surface area contributed by atoms with Gasteiger partial charge in [-0.15, -0.1) is 0 Å². The SMILES string of the molecule is C1=C(C2CCCCCCCCCCC2)[P]c2ccccc21. The number of fused-ring (bicyclic) bond motifs is 1. The van der Waals surface area contributed by atoms with Crippen LogP contribution in [0.2, 0.25) is 0 Å². The molecule has 1 heterocycles. The zero-order chi connectivity index (χ0) is 14.3. The van der Waals surface area contributed by atoms with Gasteiger partial charge in [0, 0.05) is 0 Å². The van der Waals surface area contributed by atoms with Crippen LogP contribution in [0.3, 0.4) is 0 Å². The number of rotatable bonds is 1. The molecule has 0 unspecified atom stereocenters. The number of hydrogen-bond donors (Lipinski definition) is 0. The zero-order valence-electron chi connectivity index (χ0n) is 13.2. The fourth-order valence-electron chi connectivity index (χ4n) is 3.71. The van der Waals surface area contributed by atoms with Crippen LogP contribution in [0.1, 0.15) is 76.2 Å². The molecule has 0 N–H and O–H groups in total. The molecule has 1 aromatic carbocycles. The van der Waals surface area contributed by atoms with Crippen LogP contribution in [0.4, 0.5) is 0 Å². The predicted octanol–water partition coefficient (Wildman–Crippen LogP) is 6.53. The summed E-state index contributed by atoms with van der Waals surface area (Å²) in [5, 5.41) is 3.23. The molecule has 0 saturated heterocycles. The lowest BCUT2D eigenvalue weighted by atomic mass is 9.92. The monoisotopic (exact) mass is 299 g/mol. The average molecular weight is 299 g/mol. The first-order valence-electron chi connectivity index (χ1n) is 8.96. The fraction of sp³-hybridized carbons (Fsp3) is 0.600. The van der Waals surface area contributed by atoms with Crippen molar-refractivity contribution in [1.82, 2.24) is 0 Å². The average Bonchev–Trinajstić information content (AvgIpc) is 2.91. The molecule has 0 bridgehead atoms. The largest absolute Gasteiger partial charge is 0.0616 e. The lowest BCUT2D eigenvalue weighted by Gasteiger charge is -2.19. The Morgan fingerprint density at radius 2 is 1.29 bits per heavy atom. The highest BCUT2D eigenvalue weighted by Gasteiger charge is 2.21. The minimum Gasteiger partial charge on any atom is -0.0616 e. The summed E-state index contributed by atoms with van der Waals surface area (Å²) in [6.45, 7) is 0. The molecule has 0 aromatic heterocycles. The Kier molecular flexibility index (Phi) is 5.92. The molecule has 1 radical (unpaired) electrons. The van der Waals surface area contributed by atoms with E-state index >= 15 is 0 Å². The second kappa shape index (κ2) is 8.14. The Bertz CT molecular complexity index is 462. The summed E-state index contributed by atoms with van der Waals surface area (Å²) in [4.78, 5) is 0. The predicted molar refractivity (Wildman–Crippen MR) is 95.3 cm³/mol. The minimum atomic E-state index is 0.846. The van der Waals surface area contributed by atoms with E-state index in [0.29, 0.717) is 0 Å². The Labute approximate surface area is 132 Å². The van der Waals surface area contributed by atoms with E-state index in [4.69, 9.17) is 0 Å². The molecule has 1 heteroatoms. The normalized spacial score (nSPS) is 23.1. The first-order valence-corrected chi connectivity index (χ1v) is 9.85. The van der Waals surface area contributed by atoms with E-state index in [1.54, 1.807) is 5.31 Å². The van der Waals surface area contributed by atoms with Gasteiger partial charge >= 0.3 is 0 Å². The third kappa shape index (κ3) is 4.43. The smallest absolute Gasteiger partial charge is 0.00768 e. The van der Waals surface area contributed by atoms with Crippen molar-refractivity contribution in [2.75, 3.05) is 0 Å². The van der Waals surface area contributed by atoms with E-state index in [-0.39, 0.29) is 0 Å². The maximum absolute atomic E-state index is 2.49. The van der Waals surface area contributed by atoms with Gasteiger partial charge in [0.15, 0.2) is 0 Å². The number of allylic oxidation sites excluding steroid dienone is 1. The summed E-state index contributed by atoms with van der Waals surface area (Å²) in [7, 11) is 1.50. The van der Waals surface area contributed by atoms with Crippen molar-refractivity contribution < 1.29 is 0 Å². The van der Waals surface area contributed by atoms with E-state index in [2.05, 4.69) is 30.3 Å². The van der Waals surface area contributed by atoms with Gasteiger partial charge in [-0.05, 0) is 49.6 Å². The molecule has 1 saturated carbocycles. The highest BCUT2D eigenvalue weighted by Crippen LogP contribution is 2.42. The topological polar surface area (TPSA) is 0 Å². The van der Waals surface area contributed by atoms with Gasteiger partial charge in [-0.1, -0.05) is 82.1 Å². The van der Waals surface area contributed by atoms with Gasteiger partial charge in [-0.3, -0.25) is 0 Å². The van der Waals surface area contributed by atoms with Crippen LogP contribution in [-0.2, 0) is 0 Å². The summed E-state index contributed by atoms with van der Waals surface area (Å²) in [6, 6.07) is 8.94. The van der Waals surface area contributed by atoms with E-state index in [9.17, 15) is 0 Å². The van der Waals surface area contributed by atoms with Crippen molar-refractivity contribution in [1.29, 1.82) is 0 Å². The first-order chi connectivity index (χ1) is 10.4. The molecule has 1 fully saturated rings. The molecule has 1 aliphatic carbocycles. The van der Waals surface area contributed by atoms with Gasteiger partial charge in [-0.25, -0.2) is 0 Å². The molecule has 21 heavy (non-hydrogen) atoms. The van der Waals surface area contributed by atoms with Crippen LogP contribution in [0.25, 0.3) is 6.08 Å². The summed E-state index contributed by atoms with van der Waals surface area (Å²) < 4.78 is 0. The first kappa shape index (κ1) is 15.3. The lowest BCUT2D eigenvalue weighted by Crippen LogP contribution is -2.03. The Morgan fingerprint density at radius 3 is 1.90 bits per heavy atom. The van der Waals surface area contributed by atoms with Gasteiger partial charge < -0.3 is 0 Å². The van der Waals surface area contributed by atoms with Gasteiger partial charge in [-0.2, -0.15) is 0 Å². The molecule has 0 atom stereocenters. The molecule has 0 amide bonds. The lowest BCUT2D eigenvalue weighted by molar-refractivity contribution is 0.447. The highest BCUT2D eigenvalue weighted by atomic mass is 31.1. The maximum atomic E-state index is 2.49. The van der Waals surface area contributed by atoms with Crippen molar-refractivity contribution in [2.24, 2.45) is 5.92 Å². The molecular formula is C20H28P. The van der Waals surface area contributed by atoms with Gasteiger partial charge in [0.25, 0.3) is 0 Å². The van der Waals surface area contributed by atoms with Crippen LogP contribution < -0.4 is 5.30 Å². The molecule has 0 nitrogen and oxygen atoms in total. The summed E-state index contributed by atoms with van der Waals surface area (Å²) in [6.07, 6.45) is 18.5. The standard InChI is InChI=1S/C20H28P/c1-2-4-6-8-12-17(13-9-7-5-3-1)20-16-18-14-10-11-15-19(18)21-20/h10-11,14-17H,1-9,12-13H2. The van der Waals surface area contributed by atoms with E-state index in [1.165, 1.54) is 90.1 Å². The van der Waals surface area contributed by atoms with E-state index < -0.39 is 0 Å². The van der Waals surface area contributed by atoms with Crippen molar-refractivity contribution in [2.45, 2.75) is 70.6 Å². The van der Waals surface area contributed by atoms with Crippen molar-refractivity contribution in [3.63, 3.8) is 0 Å². The van der Waals surface area contributed by atoms with Crippen molar-refractivity contribution >= 4 is 20.0 Å². The molecule has 1 aliphatic heterocycles. The Hall–Kier alpha value is -0.610. The number of hydrogen-bond acceptors (Lipinski definition) is 0. The zero-order valence-corrected chi connectivity index (χ0v) is 14.1. The van der Waals surface area contributed by atoms with Crippen LogP contribution >= 0.6 is 8.58 Å². The Morgan fingerprint density at radius 1 is 0.714 bits per heavy atom. The molecular weight excluding hydrogens is 271 g/mol. The molecule has 2 aliphatic rings. The van der Waals surface area contributed by atoms with E-state index in [0.717, 1.165) is 5.92 Å². The number of benzene rings is 1. The minimum absolute atomic E-state index is 0.846. The van der Waals surface area contributed by atoms with Crippen LogP contribution in [0.15, 0.2) is 29.6 Å². The summed E-state index contributed by atoms with van der Waals surface area (Å²) in [5.41, 5.74) is 1.47. The van der Waals surface area contributed by atoms with Gasteiger partial charge in [0.2, 0.25) is 0 Å². The van der Waals surface area contributed by atoms with Gasteiger partial charge in [0.05, 0.1) is 0 Å². The molecule has 113 valence electrons. The maximum Gasteiger partial charge on any atom is -0.00768 e. The van der Waals surface area contributed by atoms with Gasteiger partial charge in [0.1, 0.15) is 0 Å². The third-order valence-electron chi connectivity index (χ3n) is 5.01. The van der Waals surface area contributed by atoms with Crippen molar-refractivity contribution in [3.05, 3.63) is 35.1 Å². The quantitative estimate of drug-likeness (QED) is 0.517. The second-order valence-electron chi connectivity index (χ2n) is 6.70. The second-order valence-corrected chi connectivity index (χ2v) is 7.92. The third-order valence-corrected chi connectivity index (χ3v) is 6.41. The molecule has 3 rings (SSSR count). The van der Waals surface area contributed by atoms with Crippen LogP contribution in [0.5, 0.6) is 0 Å². The van der Waals surface area contributed by atoms with E-state index in [1.807, 2.05) is 0 Å². The highest BCUT2D eigenvalue weighted by molar-refractivity contribution is 7.53. The molecule has 1 aromatic rings. The Balaban J connectivity index is 1.62.